The Morgan fingerprint density at radius 3 is 2.76 bits per heavy atom. The zero-order valence-corrected chi connectivity index (χ0v) is 11.1. The number of hydrogen-bond donors (Lipinski definition) is 1. The minimum absolute atomic E-state index is 0.536. The normalized spacial score (nSPS) is 19.5. The largest absolute Gasteiger partial charge is 0.381 e. The van der Waals surface area contributed by atoms with Crippen molar-refractivity contribution in [3.8, 4) is 0 Å². The van der Waals surface area contributed by atoms with E-state index in [9.17, 15) is 0 Å². The first-order chi connectivity index (χ1) is 8.20. The first-order valence-corrected chi connectivity index (χ1v) is 6.45. The van der Waals surface area contributed by atoms with Crippen molar-refractivity contribution >= 4 is 0 Å². The Kier molecular flexibility index (Phi) is 4.18. The van der Waals surface area contributed by atoms with Gasteiger partial charge < -0.3 is 10.1 Å². The highest BCUT2D eigenvalue weighted by Gasteiger charge is 2.23. The second kappa shape index (κ2) is 5.65. The van der Waals surface area contributed by atoms with E-state index in [1.165, 1.54) is 18.5 Å². The Balaban J connectivity index is 2.01. The average Bonchev–Trinajstić information content (AvgIpc) is 2.66. The maximum absolute atomic E-state index is 5.43. The van der Waals surface area contributed by atoms with E-state index in [0.717, 1.165) is 31.2 Å². The third-order valence-corrected chi connectivity index (χ3v) is 3.73. The molecule has 1 N–H and O–H groups in total. The molecule has 0 aliphatic carbocycles. The fourth-order valence-electron chi connectivity index (χ4n) is 2.70. The maximum atomic E-state index is 5.43. The molecule has 2 heterocycles. The molecule has 1 fully saturated rings. The van der Waals surface area contributed by atoms with Gasteiger partial charge >= 0.3 is 0 Å². The Morgan fingerprint density at radius 1 is 1.53 bits per heavy atom. The van der Waals surface area contributed by atoms with Crippen LogP contribution in [0, 0.1) is 12.8 Å². The summed E-state index contributed by atoms with van der Waals surface area (Å²) in [6.07, 6.45) is 3.39. The Hall–Kier alpha value is -0.870. The molecule has 1 aliphatic heterocycles. The Morgan fingerprint density at radius 2 is 2.24 bits per heavy atom. The highest BCUT2D eigenvalue weighted by Crippen LogP contribution is 2.21. The summed E-state index contributed by atoms with van der Waals surface area (Å²) in [4.78, 5) is 0. The monoisotopic (exact) mass is 237 g/mol. The lowest BCUT2D eigenvalue weighted by atomic mass is 9.89. The van der Waals surface area contributed by atoms with Crippen LogP contribution in [0.5, 0.6) is 0 Å². The summed E-state index contributed by atoms with van der Waals surface area (Å²) in [5, 5.41) is 7.87. The highest BCUT2D eigenvalue weighted by molar-refractivity contribution is 5.10. The van der Waals surface area contributed by atoms with Gasteiger partial charge in [-0.2, -0.15) is 5.10 Å². The van der Waals surface area contributed by atoms with E-state index in [2.05, 4.69) is 23.5 Å². The topological polar surface area (TPSA) is 39.1 Å². The van der Waals surface area contributed by atoms with Crippen molar-refractivity contribution in [2.45, 2.75) is 32.2 Å². The van der Waals surface area contributed by atoms with Crippen LogP contribution < -0.4 is 5.32 Å². The van der Waals surface area contributed by atoms with Gasteiger partial charge in [0.15, 0.2) is 0 Å². The molecule has 1 aromatic rings. The number of aryl methyl sites for hydroxylation is 2. The van der Waals surface area contributed by atoms with Crippen molar-refractivity contribution in [1.29, 1.82) is 0 Å². The number of nitrogens with one attached hydrogen (secondary N) is 1. The van der Waals surface area contributed by atoms with E-state index in [4.69, 9.17) is 4.74 Å². The molecular weight excluding hydrogens is 214 g/mol. The van der Waals surface area contributed by atoms with Crippen LogP contribution in [0.3, 0.4) is 0 Å². The van der Waals surface area contributed by atoms with E-state index in [-0.39, 0.29) is 0 Å². The Bertz CT molecular complexity index is 356. The van der Waals surface area contributed by atoms with Gasteiger partial charge in [0.25, 0.3) is 0 Å². The molecule has 1 atom stereocenters. The van der Waals surface area contributed by atoms with E-state index in [1.54, 1.807) is 0 Å². The molecule has 1 saturated heterocycles. The van der Waals surface area contributed by atoms with Crippen LogP contribution in [0.2, 0.25) is 0 Å². The maximum Gasteiger partial charge on any atom is 0.0596 e. The number of ether oxygens (including phenoxy) is 1. The molecule has 17 heavy (non-hydrogen) atoms. The fourth-order valence-corrected chi connectivity index (χ4v) is 2.70. The zero-order chi connectivity index (χ0) is 12.3. The summed E-state index contributed by atoms with van der Waals surface area (Å²) in [6.45, 7) is 3.87. The van der Waals surface area contributed by atoms with Gasteiger partial charge in [0.1, 0.15) is 0 Å². The average molecular weight is 237 g/mol. The summed E-state index contributed by atoms with van der Waals surface area (Å²) in [7, 11) is 4.09. The SMILES string of the molecule is CNC(Cc1cc(C)nn1C)C1CCOCC1. The lowest BCUT2D eigenvalue weighted by molar-refractivity contribution is 0.0545. The quantitative estimate of drug-likeness (QED) is 0.857. The van der Waals surface area contributed by atoms with Gasteiger partial charge in [-0.15, -0.1) is 0 Å². The van der Waals surface area contributed by atoms with Gasteiger partial charge in [0.2, 0.25) is 0 Å². The summed E-state index contributed by atoms with van der Waals surface area (Å²) in [5.41, 5.74) is 2.41. The minimum Gasteiger partial charge on any atom is -0.381 e. The van der Waals surface area contributed by atoms with Gasteiger partial charge in [0, 0.05) is 38.4 Å². The number of rotatable bonds is 4. The van der Waals surface area contributed by atoms with Gasteiger partial charge in [-0.05, 0) is 38.8 Å². The summed E-state index contributed by atoms with van der Waals surface area (Å²) in [6, 6.07) is 2.72. The number of hydrogen-bond acceptors (Lipinski definition) is 3. The molecule has 0 aromatic carbocycles. The van der Waals surface area contributed by atoms with Crippen LogP contribution in [0.4, 0.5) is 0 Å². The molecule has 1 aromatic heterocycles. The fraction of sp³-hybridized carbons (Fsp3) is 0.769. The first-order valence-electron chi connectivity index (χ1n) is 6.45. The lowest BCUT2D eigenvalue weighted by Gasteiger charge is -2.30. The van der Waals surface area contributed by atoms with Crippen molar-refractivity contribution < 1.29 is 4.74 Å². The van der Waals surface area contributed by atoms with E-state index >= 15 is 0 Å². The smallest absolute Gasteiger partial charge is 0.0596 e. The third kappa shape index (κ3) is 3.07. The van der Waals surface area contributed by atoms with Crippen LogP contribution >= 0.6 is 0 Å². The van der Waals surface area contributed by atoms with Crippen molar-refractivity contribution in [2.75, 3.05) is 20.3 Å². The van der Waals surface area contributed by atoms with Crippen molar-refractivity contribution in [2.24, 2.45) is 13.0 Å². The van der Waals surface area contributed by atoms with Gasteiger partial charge in [-0.3, -0.25) is 4.68 Å². The highest BCUT2D eigenvalue weighted by atomic mass is 16.5. The van der Waals surface area contributed by atoms with E-state index < -0.39 is 0 Å². The molecule has 0 saturated carbocycles. The molecule has 4 heteroatoms. The molecule has 1 unspecified atom stereocenters. The minimum atomic E-state index is 0.536. The Labute approximate surface area is 103 Å². The molecule has 0 radical (unpaired) electrons. The molecule has 0 spiro atoms. The molecule has 0 bridgehead atoms. The van der Waals surface area contributed by atoms with Crippen LogP contribution in [0.1, 0.15) is 24.2 Å². The predicted molar refractivity (Wildman–Crippen MR) is 68.0 cm³/mol. The van der Waals surface area contributed by atoms with Gasteiger partial charge in [-0.1, -0.05) is 0 Å². The summed E-state index contributed by atoms with van der Waals surface area (Å²) < 4.78 is 7.43. The summed E-state index contributed by atoms with van der Waals surface area (Å²) >= 11 is 0. The standard InChI is InChI=1S/C13H23N3O/c1-10-8-12(16(3)15-10)9-13(14-2)11-4-6-17-7-5-11/h8,11,13-14H,4-7,9H2,1-3H3. The van der Waals surface area contributed by atoms with Crippen LogP contribution in [0.15, 0.2) is 6.07 Å². The van der Waals surface area contributed by atoms with E-state index in [1.807, 2.05) is 18.7 Å². The van der Waals surface area contributed by atoms with Gasteiger partial charge in [-0.25, -0.2) is 0 Å². The second-order valence-corrected chi connectivity index (χ2v) is 4.95. The van der Waals surface area contributed by atoms with Crippen molar-refractivity contribution in [3.05, 3.63) is 17.5 Å². The number of nitrogens with zero attached hydrogens (tertiary/aromatic N) is 2. The first kappa shape index (κ1) is 12.6. The van der Waals surface area contributed by atoms with Crippen LogP contribution in [0.25, 0.3) is 0 Å². The summed E-state index contributed by atoms with van der Waals surface area (Å²) in [5.74, 6) is 0.726. The number of likely N-dealkylation sites (N-methyl/N-ethyl adjacent to an activating group) is 1. The zero-order valence-electron chi connectivity index (χ0n) is 11.1. The molecule has 1 aliphatic rings. The molecular formula is C13H23N3O. The van der Waals surface area contributed by atoms with Gasteiger partial charge in [0.05, 0.1) is 5.69 Å². The molecule has 96 valence electrons. The molecule has 4 nitrogen and oxygen atoms in total. The third-order valence-electron chi connectivity index (χ3n) is 3.73. The van der Waals surface area contributed by atoms with E-state index in [0.29, 0.717) is 6.04 Å². The van der Waals surface area contributed by atoms with Crippen molar-refractivity contribution in [3.63, 3.8) is 0 Å². The van der Waals surface area contributed by atoms with Crippen LogP contribution in [-0.2, 0) is 18.2 Å². The van der Waals surface area contributed by atoms with Crippen LogP contribution in [-0.4, -0.2) is 36.1 Å². The second-order valence-electron chi connectivity index (χ2n) is 4.95. The molecule has 2 rings (SSSR count). The number of aromatic nitrogens is 2. The lowest BCUT2D eigenvalue weighted by Crippen LogP contribution is -2.39. The van der Waals surface area contributed by atoms with Crippen molar-refractivity contribution in [1.82, 2.24) is 15.1 Å². The predicted octanol–water partition coefficient (Wildman–Crippen LogP) is 1.29. The molecule has 0 amide bonds.